The molecule has 2 heteroatoms. The second-order valence-corrected chi connectivity index (χ2v) is 6.07. The Morgan fingerprint density at radius 3 is 2.00 bits per heavy atom. The molecule has 0 aromatic rings. The largest absolute Gasteiger partial charge is 0.349 e. The van der Waals surface area contributed by atoms with Crippen LogP contribution in [0.5, 0.6) is 0 Å². The second kappa shape index (κ2) is 12.7. The van der Waals surface area contributed by atoms with Crippen molar-refractivity contribution in [3.63, 3.8) is 0 Å². The highest BCUT2D eigenvalue weighted by molar-refractivity contribution is 5.87. The zero-order chi connectivity index (χ0) is 20.0. The van der Waals surface area contributed by atoms with Gasteiger partial charge in [-0.1, -0.05) is 101 Å². The molecule has 2 atom stereocenters. The summed E-state index contributed by atoms with van der Waals surface area (Å²) in [5.74, 6) is -0.0179. The highest BCUT2D eigenvalue weighted by Gasteiger charge is 2.35. The van der Waals surface area contributed by atoms with Crippen LogP contribution in [0.15, 0.2) is 98.2 Å². The first-order valence-electron chi connectivity index (χ1n) is 9.00. The van der Waals surface area contributed by atoms with Crippen molar-refractivity contribution in [3.8, 4) is 0 Å². The Morgan fingerprint density at radius 1 is 0.962 bits per heavy atom. The van der Waals surface area contributed by atoms with Gasteiger partial charge in [0.05, 0.1) is 11.5 Å². The molecule has 0 aromatic carbocycles. The van der Waals surface area contributed by atoms with Crippen LogP contribution < -0.4 is 5.32 Å². The number of rotatable bonds is 12. The third-order valence-corrected chi connectivity index (χ3v) is 4.41. The fourth-order valence-electron chi connectivity index (χ4n) is 2.56. The van der Waals surface area contributed by atoms with Gasteiger partial charge in [0.2, 0.25) is 5.91 Å². The zero-order valence-corrected chi connectivity index (χ0v) is 16.5. The van der Waals surface area contributed by atoms with E-state index in [0.717, 1.165) is 17.6 Å². The normalized spacial score (nSPS) is 16.1. The van der Waals surface area contributed by atoms with Crippen molar-refractivity contribution in [2.24, 2.45) is 5.41 Å². The molecular weight excluding hydrogens is 318 g/mol. The van der Waals surface area contributed by atoms with Crippen LogP contribution in [0.4, 0.5) is 0 Å². The van der Waals surface area contributed by atoms with Gasteiger partial charge in [-0.05, 0) is 30.9 Å². The maximum Gasteiger partial charge on any atom is 0.230 e. The summed E-state index contributed by atoms with van der Waals surface area (Å²) in [6, 6.07) is -0.101. The summed E-state index contributed by atoms with van der Waals surface area (Å²) >= 11 is 0. The van der Waals surface area contributed by atoms with Gasteiger partial charge in [0.15, 0.2) is 0 Å². The number of nitrogens with one attached hydrogen (secondary N) is 1. The molecule has 26 heavy (non-hydrogen) atoms. The number of hydrogen-bond acceptors (Lipinski definition) is 1. The molecule has 0 radical (unpaired) electrons. The summed E-state index contributed by atoms with van der Waals surface area (Å²) in [5.41, 5.74) is 1.23. The van der Waals surface area contributed by atoms with Crippen molar-refractivity contribution < 1.29 is 4.79 Å². The van der Waals surface area contributed by atoms with Crippen LogP contribution in [0, 0.1) is 5.41 Å². The molecule has 0 aliphatic heterocycles. The topological polar surface area (TPSA) is 29.1 Å². The Balaban J connectivity index is 5.80. The summed E-state index contributed by atoms with van der Waals surface area (Å²) in [5, 5.41) is 3.19. The molecule has 2 unspecified atom stereocenters. The number of carbonyl (C=O) groups excluding carboxylic acids is 1. The average molecular weight is 352 g/mol. The summed E-state index contributed by atoms with van der Waals surface area (Å²) < 4.78 is 0. The predicted octanol–water partition coefficient (Wildman–Crippen LogP) is 6.01. The average Bonchev–Trinajstić information content (AvgIpc) is 2.65. The van der Waals surface area contributed by atoms with Gasteiger partial charge in [-0.3, -0.25) is 4.79 Å². The van der Waals surface area contributed by atoms with Crippen molar-refractivity contribution in [2.75, 3.05) is 0 Å². The molecular formula is C24H33NO. The Hall–Kier alpha value is -2.61. The molecule has 140 valence electrons. The molecule has 0 saturated carbocycles. The molecule has 0 fully saturated rings. The van der Waals surface area contributed by atoms with Crippen LogP contribution in [0.2, 0.25) is 0 Å². The van der Waals surface area contributed by atoms with E-state index in [1.807, 2.05) is 57.2 Å². The number of amides is 1. The first-order chi connectivity index (χ1) is 12.4. The monoisotopic (exact) mass is 351 g/mol. The van der Waals surface area contributed by atoms with E-state index in [2.05, 4.69) is 31.6 Å². The van der Waals surface area contributed by atoms with Crippen LogP contribution >= 0.6 is 0 Å². The van der Waals surface area contributed by atoms with E-state index in [1.54, 1.807) is 24.3 Å². The van der Waals surface area contributed by atoms with Gasteiger partial charge in [0, 0.05) is 0 Å². The van der Waals surface area contributed by atoms with E-state index in [9.17, 15) is 4.79 Å². The summed E-state index contributed by atoms with van der Waals surface area (Å²) in [7, 11) is 0. The lowest BCUT2D eigenvalue weighted by atomic mass is 9.77. The van der Waals surface area contributed by atoms with Crippen molar-refractivity contribution in [1.82, 2.24) is 5.32 Å². The molecule has 1 N–H and O–H groups in total. The lowest BCUT2D eigenvalue weighted by molar-refractivity contribution is -0.128. The van der Waals surface area contributed by atoms with E-state index in [1.165, 1.54) is 0 Å². The quantitative estimate of drug-likeness (QED) is 0.429. The third-order valence-electron chi connectivity index (χ3n) is 4.41. The van der Waals surface area contributed by atoms with Crippen molar-refractivity contribution in [1.29, 1.82) is 0 Å². The Kier molecular flexibility index (Phi) is 11.4. The first-order valence-corrected chi connectivity index (χ1v) is 9.00. The highest BCUT2D eigenvalue weighted by atomic mass is 16.2. The van der Waals surface area contributed by atoms with Gasteiger partial charge in [0.1, 0.15) is 0 Å². The number of carbonyl (C=O) groups is 1. The van der Waals surface area contributed by atoms with Crippen molar-refractivity contribution in [2.45, 2.75) is 39.7 Å². The molecule has 0 rings (SSSR count). The van der Waals surface area contributed by atoms with Crippen LogP contribution in [-0.4, -0.2) is 11.9 Å². The van der Waals surface area contributed by atoms with Gasteiger partial charge in [-0.2, -0.15) is 0 Å². The number of allylic oxidation sites excluding steroid dienone is 9. The van der Waals surface area contributed by atoms with Crippen LogP contribution in [0.25, 0.3) is 0 Å². The summed E-state index contributed by atoms with van der Waals surface area (Å²) in [6.45, 7) is 21.0. The van der Waals surface area contributed by atoms with Crippen LogP contribution in [-0.2, 0) is 4.79 Å². The van der Waals surface area contributed by atoms with E-state index in [4.69, 9.17) is 0 Å². The van der Waals surface area contributed by atoms with Gasteiger partial charge in [-0.25, -0.2) is 0 Å². The molecule has 0 heterocycles. The molecule has 0 aromatic heterocycles. The first kappa shape index (κ1) is 23.4. The Morgan fingerprint density at radius 2 is 1.54 bits per heavy atom. The lowest BCUT2D eigenvalue weighted by Gasteiger charge is -2.31. The minimum atomic E-state index is -0.664. The maximum atomic E-state index is 13.2. The van der Waals surface area contributed by atoms with E-state index < -0.39 is 5.41 Å². The zero-order valence-electron chi connectivity index (χ0n) is 16.5. The fraction of sp³-hybridized carbons (Fsp3) is 0.292. The maximum absolute atomic E-state index is 13.2. The van der Waals surface area contributed by atoms with Gasteiger partial charge in [0.25, 0.3) is 0 Å². The molecule has 0 aliphatic carbocycles. The molecule has 0 saturated heterocycles. The van der Waals surface area contributed by atoms with E-state index in [-0.39, 0.29) is 11.9 Å². The summed E-state index contributed by atoms with van der Waals surface area (Å²) in [6.07, 6.45) is 19.6. The van der Waals surface area contributed by atoms with Gasteiger partial charge >= 0.3 is 0 Å². The van der Waals surface area contributed by atoms with E-state index >= 15 is 0 Å². The smallest absolute Gasteiger partial charge is 0.230 e. The van der Waals surface area contributed by atoms with Crippen molar-refractivity contribution in [3.05, 3.63) is 98.2 Å². The Bertz CT molecular complexity index is 631. The van der Waals surface area contributed by atoms with Gasteiger partial charge in [-0.15, -0.1) is 0 Å². The molecule has 0 bridgehead atoms. The van der Waals surface area contributed by atoms with E-state index in [0.29, 0.717) is 6.42 Å². The number of hydrogen-bond donors (Lipinski definition) is 1. The van der Waals surface area contributed by atoms with Gasteiger partial charge < -0.3 is 5.32 Å². The third kappa shape index (κ3) is 6.72. The lowest BCUT2D eigenvalue weighted by Crippen LogP contribution is -2.45. The van der Waals surface area contributed by atoms with Crippen LogP contribution in [0.3, 0.4) is 0 Å². The minimum Gasteiger partial charge on any atom is -0.349 e. The second-order valence-electron chi connectivity index (χ2n) is 6.07. The standard InChI is InChI=1S/C24H33NO/c1-8-14-18-20(16-10-3)22(12-5)25-23(26)24(7,13-6)21(17-11-4)19-15-9-2/h8-11,14-19,22H,1-4,12-13H2,5-7H3,(H,25,26)/b18-14-,19-15-,20-16+,21-17+. The summed E-state index contributed by atoms with van der Waals surface area (Å²) in [4.78, 5) is 13.2. The minimum absolute atomic E-state index is 0.0179. The SMILES string of the molecule is C=C/C=C\C(=C/C=C)C(CC)NC(=O)C(C)(CC)C(/C=C\C=C)=C/C=C. The fourth-order valence-corrected chi connectivity index (χ4v) is 2.56. The Labute approximate surface area is 159 Å². The van der Waals surface area contributed by atoms with Crippen molar-refractivity contribution >= 4 is 5.91 Å². The van der Waals surface area contributed by atoms with Crippen LogP contribution in [0.1, 0.15) is 33.6 Å². The molecule has 0 spiro atoms. The highest BCUT2D eigenvalue weighted by Crippen LogP contribution is 2.33. The molecule has 2 nitrogen and oxygen atoms in total. The predicted molar refractivity (Wildman–Crippen MR) is 116 cm³/mol. The molecule has 0 aliphatic rings. The molecule has 1 amide bonds.